The van der Waals surface area contributed by atoms with Crippen LogP contribution in [0.4, 0.5) is 0 Å². The van der Waals surface area contributed by atoms with Gasteiger partial charge in [-0.3, -0.25) is 4.79 Å². The molecule has 6 nitrogen and oxygen atoms in total. The third-order valence-electron chi connectivity index (χ3n) is 1.76. The van der Waals surface area contributed by atoms with Crippen LogP contribution in [-0.2, 0) is 4.79 Å². The summed E-state index contributed by atoms with van der Waals surface area (Å²) in [7, 11) is 0. The smallest absolute Gasteiger partial charge is 0.258 e. The summed E-state index contributed by atoms with van der Waals surface area (Å²) in [4.78, 5) is 15.2. The van der Waals surface area contributed by atoms with Gasteiger partial charge in [0.25, 0.3) is 5.91 Å². The van der Waals surface area contributed by atoms with Crippen LogP contribution in [0.25, 0.3) is 0 Å². The van der Waals surface area contributed by atoms with E-state index in [4.69, 9.17) is 5.26 Å². The van der Waals surface area contributed by atoms with Crippen molar-refractivity contribution in [2.45, 2.75) is 12.6 Å². The highest BCUT2D eigenvalue weighted by atomic mass is 16.2. The average Bonchev–Trinajstić information content (AvgIpc) is 2.51. The summed E-state index contributed by atoms with van der Waals surface area (Å²) in [6.45, 7) is 0. The molecule has 1 N–H and O–H groups in total. The molecule has 2 heterocycles. The zero-order valence-electron chi connectivity index (χ0n) is 6.56. The molecule has 1 unspecified atom stereocenters. The highest BCUT2D eigenvalue weighted by Crippen LogP contribution is 2.26. The lowest BCUT2D eigenvalue weighted by Crippen LogP contribution is -2.32. The van der Waals surface area contributed by atoms with Gasteiger partial charge >= 0.3 is 0 Å². The first kappa shape index (κ1) is 7.61. The number of carbonyl (C=O) groups excluding carboxylic acids is 1. The third kappa shape index (κ3) is 1.10. The normalized spacial score (nSPS) is 24.2. The average molecular weight is 175 g/mol. The molecule has 0 saturated carbocycles. The number of amides is 1. The zero-order valence-corrected chi connectivity index (χ0v) is 6.56. The Labute approximate surface area is 73.7 Å². The van der Waals surface area contributed by atoms with Crippen LogP contribution in [0.2, 0.25) is 0 Å². The van der Waals surface area contributed by atoms with Gasteiger partial charge in [-0.25, -0.2) is 4.99 Å². The van der Waals surface area contributed by atoms with Gasteiger partial charge < -0.3 is 5.32 Å². The van der Waals surface area contributed by atoms with Gasteiger partial charge in [-0.2, -0.15) is 15.5 Å². The number of hydrogen-bond acceptors (Lipinski definition) is 5. The van der Waals surface area contributed by atoms with Crippen LogP contribution in [0.15, 0.2) is 26.5 Å². The molecule has 2 rings (SSSR count). The van der Waals surface area contributed by atoms with Gasteiger partial charge in [-0.1, -0.05) is 0 Å². The highest BCUT2D eigenvalue weighted by molar-refractivity contribution is 6.03. The van der Waals surface area contributed by atoms with Crippen LogP contribution in [0, 0.1) is 11.3 Å². The summed E-state index contributed by atoms with van der Waals surface area (Å²) in [5, 5.41) is 18.3. The first-order valence-electron chi connectivity index (χ1n) is 3.66. The molecule has 0 aromatic rings. The fraction of sp³-hybridized carbons (Fsp3) is 0.286. The third-order valence-corrected chi connectivity index (χ3v) is 1.76. The second kappa shape index (κ2) is 2.79. The van der Waals surface area contributed by atoms with E-state index in [0.29, 0.717) is 11.3 Å². The molecule has 2 aliphatic heterocycles. The van der Waals surface area contributed by atoms with E-state index in [9.17, 15) is 4.79 Å². The molecule has 0 radical (unpaired) electrons. The van der Waals surface area contributed by atoms with E-state index in [1.807, 2.05) is 6.07 Å². The summed E-state index contributed by atoms with van der Waals surface area (Å²) in [5.41, 5.74) is 0.811. The molecule has 0 aromatic carbocycles. The molecule has 1 amide bonds. The number of fused-ring (bicyclic) bond motifs is 1. The molecule has 0 spiro atoms. The van der Waals surface area contributed by atoms with Crippen molar-refractivity contribution in [1.29, 1.82) is 5.26 Å². The highest BCUT2D eigenvalue weighted by Gasteiger charge is 2.30. The molecule has 6 heteroatoms. The van der Waals surface area contributed by atoms with Gasteiger partial charge in [0.05, 0.1) is 30.1 Å². The summed E-state index contributed by atoms with van der Waals surface area (Å²) >= 11 is 0. The fourth-order valence-corrected chi connectivity index (χ4v) is 1.19. The molecule has 0 fully saturated rings. The van der Waals surface area contributed by atoms with Crippen molar-refractivity contribution in [1.82, 2.24) is 5.32 Å². The van der Waals surface area contributed by atoms with Crippen LogP contribution in [0.5, 0.6) is 0 Å². The number of nitriles is 1. The predicted molar refractivity (Wildman–Crippen MR) is 42.5 cm³/mol. The Hall–Kier alpha value is -2.03. The number of hydrogen-bond donors (Lipinski definition) is 1. The van der Waals surface area contributed by atoms with E-state index < -0.39 is 6.17 Å². The van der Waals surface area contributed by atoms with E-state index in [0.717, 1.165) is 0 Å². The van der Waals surface area contributed by atoms with E-state index in [2.05, 4.69) is 20.5 Å². The Morgan fingerprint density at radius 3 is 3.31 bits per heavy atom. The van der Waals surface area contributed by atoms with Crippen LogP contribution in [-0.4, -0.2) is 18.4 Å². The van der Waals surface area contributed by atoms with E-state index in [-0.39, 0.29) is 12.3 Å². The zero-order chi connectivity index (χ0) is 9.26. The van der Waals surface area contributed by atoms with Crippen LogP contribution >= 0.6 is 0 Å². The maximum Gasteiger partial charge on any atom is 0.258 e. The van der Waals surface area contributed by atoms with E-state index in [1.165, 1.54) is 6.34 Å². The molecule has 13 heavy (non-hydrogen) atoms. The van der Waals surface area contributed by atoms with Gasteiger partial charge in [0.2, 0.25) is 0 Å². The van der Waals surface area contributed by atoms with Crippen molar-refractivity contribution in [3.63, 3.8) is 0 Å². The van der Waals surface area contributed by atoms with Gasteiger partial charge in [0.1, 0.15) is 0 Å². The maximum absolute atomic E-state index is 11.3. The van der Waals surface area contributed by atoms with Gasteiger partial charge in [0, 0.05) is 0 Å². The quantitative estimate of drug-likeness (QED) is 0.612. The van der Waals surface area contributed by atoms with Gasteiger partial charge in [0.15, 0.2) is 6.17 Å². The van der Waals surface area contributed by atoms with E-state index >= 15 is 0 Å². The Morgan fingerprint density at radius 2 is 2.54 bits per heavy atom. The summed E-state index contributed by atoms with van der Waals surface area (Å²) in [6, 6.07) is 1.92. The molecular weight excluding hydrogens is 170 g/mol. The number of allylic oxidation sites excluding steroid dienone is 1. The minimum atomic E-state index is -0.530. The second-order valence-electron chi connectivity index (χ2n) is 2.54. The predicted octanol–water partition coefficient (Wildman–Crippen LogP) is 0.104. The molecule has 0 saturated heterocycles. The van der Waals surface area contributed by atoms with Crippen molar-refractivity contribution in [3.05, 3.63) is 11.3 Å². The first-order valence-corrected chi connectivity index (χ1v) is 3.66. The van der Waals surface area contributed by atoms with Crippen LogP contribution < -0.4 is 5.32 Å². The molecule has 1 atom stereocenters. The number of azo groups is 1. The van der Waals surface area contributed by atoms with Crippen LogP contribution in [0.1, 0.15) is 6.42 Å². The Kier molecular flexibility index (Phi) is 1.63. The fourth-order valence-electron chi connectivity index (χ4n) is 1.19. The van der Waals surface area contributed by atoms with Crippen molar-refractivity contribution < 1.29 is 4.79 Å². The number of rotatable bonds is 1. The second-order valence-corrected chi connectivity index (χ2v) is 2.54. The molecule has 0 aromatic heterocycles. The number of nitrogens with zero attached hydrogens (tertiary/aromatic N) is 4. The summed E-state index contributed by atoms with van der Waals surface area (Å²) < 4.78 is 0. The molecule has 64 valence electrons. The lowest BCUT2D eigenvalue weighted by Gasteiger charge is -2.10. The van der Waals surface area contributed by atoms with Gasteiger partial charge in [-0.05, 0) is 0 Å². The summed E-state index contributed by atoms with van der Waals surface area (Å²) in [6.07, 6.45) is 0.862. The Balaban J connectivity index is 2.41. The molecule has 0 aliphatic carbocycles. The summed E-state index contributed by atoms with van der Waals surface area (Å²) in [5.74, 6) is -0.268. The van der Waals surface area contributed by atoms with Crippen molar-refractivity contribution in [2.24, 2.45) is 15.2 Å². The topological polar surface area (TPSA) is 90.0 Å². The largest absolute Gasteiger partial charge is 0.313 e. The minimum absolute atomic E-state index is 0.0955. The molecular formula is C7H5N5O. The Bertz CT molecular complexity index is 386. The minimum Gasteiger partial charge on any atom is -0.313 e. The first-order chi connectivity index (χ1) is 6.33. The number of nitrogens with one attached hydrogen (secondary N) is 1. The van der Waals surface area contributed by atoms with Crippen molar-refractivity contribution >= 4 is 12.2 Å². The molecule has 2 aliphatic rings. The van der Waals surface area contributed by atoms with Crippen LogP contribution in [0.3, 0.4) is 0 Å². The number of aliphatic imine (C=N–C) groups is 1. The lowest BCUT2D eigenvalue weighted by atomic mass is 10.1. The monoisotopic (exact) mass is 175 g/mol. The lowest BCUT2D eigenvalue weighted by molar-refractivity contribution is -0.116. The molecule has 0 bridgehead atoms. The van der Waals surface area contributed by atoms with E-state index in [1.54, 1.807) is 0 Å². The van der Waals surface area contributed by atoms with Crippen molar-refractivity contribution in [2.75, 3.05) is 0 Å². The SMILES string of the molecule is N#CCC1=C2C(=O)NC=NC2N=N1. The van der Waals surface area contributed by atoms with Crippen molar-refractivity contribution in [3.8, 4) is 6.07 Å². The Morgan fingerprint density at radius 1 is 1.69 bits per heavy atom. The van der Waals surface area contributed by atoms with Gasteiger partial charge in [-0.15, -0.1) is 0 Å². The number of carbonyl (C=O) groups is 1. The standard InChI is InChI=1S/C7H5N5O/c8-2-1-4-5-6(12-11-4)9-3-10-7(5)13/h3,6H,1H2,(H,9,10,13). The maximum atomic E-state index is 11.3.